The minimum Gasteiger partial charge on any atom is -0.309 e. The second-order valence-electron chi connectivity index (χ2n) is 14.9. The van der Waals surface area contributed by atoms with Crippen LogP contribution in [0.1, 0.15) is 25.0 Å². The van der Waals surface area contributed by atoms with Crippen molar-refractivity contribution < 1.29 is 0 Å². The molecule has 11 rings (SSSR count). The fourth-order valence-electron chi connectivity index (χ4n) is 9.01. The Morgan fingerprint density at radius 1 is 0.415 bits per heavy atom. The maximum absolute atomic E-state index is 2.47. The Balaban J connectivity index is 1.23. The van der Waals surface area contributed by atoms with E-state index in [-0.39, 0.29) is 5.41 Å². The highest BCUT2D eigenvalue weighted by Crippen LogP contribution is 2.51. The van der Waals surface area contributed by atoms with Gasteiger partial charge in [-0.2, -0.15) is 0 Å². The van der Waals surface area contributed by atoms with Crippen LogP contribution in [0, 0.1) is 0 Å². The van der Waals surface area contributed by atoms with Gasteiger partial charge in [0.1, 0.15) is 0 Å². The van der Waals surface area contributed by atoms with Gasteiger partial charge in [0.2, 0.25) is 0 Å². The first-order chi connectivity index (χ1) is 26.0. The van der Waals surface area contributed by atoms with Gasteiger partial charge < -0.3 is 4.57 Å². The molecular weight excluding hydrogens is 659 g/mol. The molecule has 0 bridgehead atoms. The highest BCUT2D eigenvalue weighted by Gasteiger charge is 2.35. The molecule has 1 aliphatic carbocycles. The summed E-state index contributed by atoms with van der Waals surface area (Å²) in [7, 11) is 0. The van der Waals surface area contributed by atoms with Gasteiger partial charge in [-0.15, -0.1) is 11.3 Å². The number of aromatic nitrogens is 1. The monoisotopic (exact) mass is 693 g/mol. The molecule has 1 nitrogen and oxygen atoms in total. The van der Waals surface area contributed by atoms with Crippen molar-refractivity contribution in [2.75, 3.05) is 0 Å². The summed E-state index contributed by atoms with van der Waals surface area (Å²) >= 11 is 1.92. The van der Waals surface area contributed by atoms with Gasteiger partial charge in [0.05, 0.1) is 11.0 Å². The molecule has 0 spiro atoms. The SMILES string of the molecule is CC1(C)c2ccccc2-c2ccc(-c3ccc4c(c3)c3c5sc6ccc(-c7ccccc7)cc6c5c(-c5ccccc5)cc3n4-c3ccccc3)cc21. The lowest BCUT2D eigenvalue weighted by molar-refractivity contribution is 0.660. The lowest BCUT2D eigenvalue weighted by Gasteiger charge is -2.22. The quantitative estimate of drug-likeness (QED) is 0.173. The smallest absolute Gasteiger partial charge is 0.0561 e. The van der Waals surface area contributed by atoms with Crippen LogP contribution in [-0.4, -0.2) is 4.57 Å². The molecule has 2 heteroatoms. The molecule has 0 N–H and O–H groups in total. The molecule has 0 unspecified atom stereocenters. The lowest BCUT2D eigenvalue weighted by Crippen LogP contribution is -2.14. The molecular formula is C51H35NS. The van der Waals surface area contributed by atoms with Crippen LogP contribution in [0.4, 0.5) is 0 Å². The van der Waals surface area contributed by atoms with Crippen LogP contribution >= 0.6 is 11.3 Å². The third-order valence-electron chi connectivity index (χ3n) is 11.6. The zero-order chi connectivity index (χ0) is 35.3. The van der Waals surface area contributed by atoms with E-state index in [2.05, 4.69) is 194 Å². The van der Waals surface area contributed by atoms with Gasteiger partial charge in [0.15, 0.2) is 0 Å². The summed E-state index contributed by atoms with van der Waals surface area (Å²) in [6.07, 6.45) is 0. The van der Waals surface area contributed by atoms with Gasteiger partial charge in [-0.3, -0.25) is 0 Å². The summed E-state index contributed by atoms with van der Waals surface area (Å²) < 4.78 is 5.12. The average molecular weight is 694 g/mol. The van der Waals surface area contributed by atoms with Crippen molar-refractivity contribution in [3.8, 4) is 50.2 Å². The van der Waals surface area contributed by atoms with E-state index in [1.807, 2.05) is 11.3 Å². The Labute approximate surface area is 313 Å². The number of fused-ring (bicyclic) bond motifs is 10. The number of para-hydroxylation sites is 1. The number of rotatable bonds is 4. The maximum atomic E-state index is 2.47. The first-order valence-corrected chi connectivity index (χ1v) is 19.2. The van der Waals surface area contributed by atoms with E-state index in [1.165, 1.54) is 103 Å². The van der Waals surface area contributed by atoms with E-state index in [4.69, 9.17) is 0 Å². The van der Waals surface area contributed by atoms with Crippen molar-refractivity contribution >= 4 is 53.3 Å². The van der Waals surface area contributed by atoms with Crippen LogP contribution < -0.4 is 0 Å². The van der Waals surface area contributed by atoms with Crippen LogP contribution in [0.5, 0.6) is 0 Å². The molecule has 0 saturated carbocycles. The van der Waals surface area contributed by atoms with E-state index < -0.39 is 0 Å². The van der Waals surface area contributed by atoms with Gasteiger partial charge in [-0.05, 0) is 104 Å². The normalized spacial score (nSPS) is 13.2. The predicted molar refractivity (Wildman–Crippen MR) is 228 cm³/mol. The van der Waals surface area contributed by atoms with E-state index >= 15 is 0 Å². The molecule has 2 aromatic heterocycles. The first kappa shape index (κ1) is 30.4. The molecule has 53 heavy (non-hydrogen) atoms. The van der Waals surface area contributed by atoms with Crippen LogP contribution in [0.2, 0.25) is 0 Å². The second-order valence-corrected chi connectivity index (χ2v) is 16.0. The third-order valence-corrected chi connectivity index (χ3v) is 12.8. The van der Waals surface area contributed by atoms with Gasteiger partial charge in [-0.25, -0.2) is 0 Å². The summed E-state index contributed by atoms with van der Waals surface area (Å²) in [5.41, 5.74) is 16.6. The summed E-state index contributed by atoms with van der Waals surface area (Å²) in [5.74, 6) is 0. The largest absolute Gasteiger partial charge is 0.309 e. The Morgan fingerprint density at radius 2 is 1.02 bits per heavy atom. The van der Waals surface area contributed by atoms with Gasteiger partial charge in [0.25, 0.3) is 0 Å². The zero-order valence-corrected chi connectivity index (χ0v) is 30.4. The lowest BCUT2D eigenvalue weighted by atomic mass is 9.81. The van der Waals surface area contributed by atoms with Crippen molar-refractivity contribution in [3.05, 3.63) is 187 Å². The molecule has 1 aliphatic rings. The number of nitrogens with zero attached hydrogens (tertiary/aromatic N) is 1. The molecule has 0 fully saturated rings. The number of hydrogen-bond acceptors (Lipinski definition) is 1. The Bertz CT molecular complexity index is 3060. The fraction of sp³-hybridized carbons (Fsp3) is 0.0588. The molecule has 8 aromatic carbocycles. The summed E-state index contributed by atoms with van der Waals surface area (Å²) in [4.78, 5) is 0. The molecule has 0 atom stereocenters. The molecule has 0 aliphatic heterocycles. The first-order valence-electron chi connectivity index (χ1n) is 18.4. The Kier molecular flexibility index (Phi) is 6.53. The molecule has 0 radical (unpaired) electrons. The zero-order valence-electron chi connectivity index (χ0n) is 29.6. The highest BCUT2D eigenvalue weighted by atomic mass is 32.1. The van der Waals surface area contributed by atoms with Crippen molar-refractivity contribution in [1.29, 1.82) is 0 Å². The van der Waals surface area contributed by atoms with E-state index in [0.717, 1.165) is 0 Å². The molecule has 10 aromatic rings. The number of thiophene rings is 1. The summed E-state index contributed by atoms with van der Waals surface area (Å²) in [5, 5.41) is 5.24. The van der Waals surface area contributed by atoms with Crippen LogP contribution in [0.15, 0.2) is 176 Å². The van der Waals surface area contributed by atoms with Crippen molar-refractivity contribution in [2.24, 2.45) is 0 Å². The van der Waals surface area contributed by atoms with Gasteiger partial charge >= 0.3 is 0 Å². The third kappa shape index (κ3) is 4.49. The van der Waals surface area contributed by atoms with Gasteiger partial charge in [0, 0.05) is 42.0 Å². The van der Waals surface area contributed by atoms with E-state index in [0.29, 0.717) is 0 Å². The maximum Gasteiger partial charge on any atom is 0.0561 e. The molecule has 250 valence electrons. The van der Waals surface area contributed by atoms with Gasteiger partial charge in [-0.1, -0.05) is 141 Å². The van der Waals surface area contributed by atoms with Crippen LogP contribution in [0.3, 0.4) is 0 Å². The Hall–Kier alpha value is -6.22. The van der Waals surface area contributed by atoms with E-state index in [9.17, 15) is 0 Å². The number of hydrogen-bond donors (Lipinski definition) is 0. The van der Waals surface area contributed by atoms with Crippen molar-refractivity contribution in [2.45, 2.75) is 19.3 Å². The second kappa shape index (κ2) is 11.4. The minimum absolute atomic E-state index is 0.0505. The molecule has 0 amide bonds. The van der Waals surface area contributed by atoms with Crippen molar-refractivity contribution in [3.63, 3.8) is 0 Å². The summed E-state index contributed by atoms with van der Waals surface area (Å²) in [6.45, 7) is 4.73. The summed E-state index contributed by atoms with van der Waals surface area (Å²) in [6, 6.07) is 65.2. The molecule has 0 saturated heterocycles. The minimum atomic E-state index is -0.0505. The average Bonchev–Trinajstić information content (AvgIpc) is 3.83. The topological polar surface area (TPSA) is 4.93 Å². The van der Waals surface area contributed by atoms with Crippen LogP contribution in [0.25, 0.3) is 92.2 Å². The standard InChI is InChI=1S/C51H35NS/c1-51(2)43-21-13-12-20-38(43)39-25-22-36(30-44(39)51)35-23-26-45-41(28-35)49-46(52(45)37-18-10-5-11-19-37)31-40(33-16-8-4-9-17-33)48-42-29-34(32-14-6-3-7-15-32)24-27-47(42)53-50(48)49/h3-31H,1-2H3. The van der Waals surface area contributed by atoms with Crippen molar-refractivity contribution in [1.82, 2.24) is 4.57 Å². The van der Waals surface area contributed by atoms with E-state index in [1.54, 1.807) is 0 Å². The fourth-order valence-corrected chi connectivity index (χ4v) is 10.3. The van der Waals surface area contributed by atoms with Crippen LogP contribution in [-0.2, 0) is 5.41 Å². The highest BCUT2D eigenvalue weighted by molar-refractivity contribution is 7.27. The number of benzene rings is 8. The predicted octanol–water partition coefficient (Wildman–Crippen LogP) is 14.5. The Morgan fingerprint density at radius 3 is 1.81 bits per heavy atom. The molecule has 2 heterocycles.